The molecular weight excluding hydrogens is 186 g/mol. The molecule has 0 bridgehead atoms. The highest BCUT2D eigenvalue weighted by atomic mass is 16.3. The van der Waals surface area contributed by atoms with Crippen LogP contribution < -0.4 is 5.32 Å². The monoisotopic (exact) mass is 209 g/mol. The molecule has 0 rings (SSSR count). The lowest BCUT2D eigenvalue weighted by molar-refractivity contribution is 0.433. The van der Waals surface area contributed by atoms with E-state index in [-0.39, 0.29) is 5.76 Å². The van der Waals surface area contributed by atoms with E-state index in [0.29, 0.717) is 5.92 Å². The van der Waals surface area contributed by atoms with Gasteiger partial charge in [0.2, 0.25) is 0 Å². The molecule has 0 aromatic heterocycles. The first-order chi connectivity index (χ1) is 7.10. The summed E-state index contributed by atoms with van der Waals surface area (Å²) in [6.45, 7) is 10.7. The summed E-state index contributed by atoms with van der Waals surface area (Å²) in [7, 11) is 0. The van der Waals surface area contributed by atoms with Crippen LogP contribution in [0.15, 0.2) is 36.3 Å². The third kappa shape index (κ3) is 7.86. The lowest BCUT2D eigenvalue weighted by atomic mass is 10.1. The van der Waals surface area contributed by atoms with Crippen molar-refractivity contribution in [3.63, 3.8) is 0 Å². The Kier molecular flexibility index (Phi) is 7.51. The van der Waals surface area contributed by atoms with E-state index in [4.69, 9.17) is 5.11 Å². The Bertz CT molecular complexity index is 241. The first-order valence-electron chi connectivity index (χ1n) is 5.59. The zero-order valence-corrected chi connectivity index (χ0v) is 10.1. The van der Waals surface area contributed by atoms with Crippen molar-refractivity contribution in [2.75, 3.05) is 6.54 Å². The van der Waals surface area contributed by atoms with Crippen LogP contribution in [-0.2, 0) is 0 Å². The molecule has 0 heterocycles. The molecule has 15 heavy (non-hydrogen) atoms. The highest BCUT2D eigenvalue weighted by Crippen LogP contribution is 2.02. The van der Waals surface area contributed by atoms with Crippen LogP contribution in [0.2, 0.25) is 0 Å². The summed E-state index contributed by atoms with van der Waals surface area (Å²) in [6.07, 6.45) is 8.01. The molecule has 2 nitrogen and oxygen atoms in total. The van der Waals surface area contributed by atoms with E-state index in [1.807, 2.05) is 6.92 Å². The zero-order chi connectivity index (χ0) is 11.7. The lowest BCUT2D eigenvalue weighted by Gasteiger charge is -2.12. The molecule has 0 aromatic rings. The summed E-state index contributed by atoms with van der Waals surface area (Å²) in [5.41, 5.74) is 1.03. The van der Waals surface area contributed by atoms with Gasteiger partial charge in [0, 0.05) is 12.2 Å². The van der Waals surface area contributed by atoms with Gasteiger partial charge < -0.3 is 10.4 Å². The van der Waals surface area contributed by atoms with Crippen LogP contribution >= 0.6 is 0 Å². The number of aliphatic hydroxyl groups is 1. The van der Waals surface area contributed by atoms with Crippen LogP contribution in [0.5, 0.6) is 0 Å². The second kappa shape index (κ2) is 8.16. The predicted molar refractivity (Wildman–Crippen MR) is 66.7 cm³/mol. The van der Waals surface area contributed by atoms with E-state index in [1.54, 1.807) is 6.08 Å². The van der Waals surface area contributed by atoms with Crippen molar-refractivity contribution in [1.82, 2.24) is 5.32 Å². The molecule has 1 atom stereocenters. The van der Waals surface area contributed by atoms with Crippen molar-refractivity contribution in [2.45, 2.75) is 33.6 Å². The van der Waals surface area contributed by atoms with E-state index < -0.39 is 0 Å². The van der Waals surface area contributed by atoms with Crippen LogP contribution in [0.3, 0.4) is 0 Å². The Morgan fingerprint density at radius 2 is 2.13 bits per heavy atom. The van der Waals surface area contributed by atoms with E-state index in [2.05, 4.69) is 37.9 Å². The number of rotatable bonds is 7. The molecule has 0 radical (unpaired) electrons. The number of hydrogen-bond donors (Lipinski definition) is 2. The van der Waals surface area contributed by atoms with Crippen LogP contribution in [-0.4, -0.2) is 11.7 Å². The molecule has 0 spiro atoms. The van der Waals surface area contributed by atoms with Crippen molar-refractivity contribution in [3.05, 3.63) is 36.3 Å². The van der Waals surface area contributed by atoms with Gasteiger partial charge in [-0.25, -0.2) is 0 Å². The average Bonchev–Trinajstić information content (AvgIpc) is 2.20. The second-order valence-corrected chi connectivity index (χ2v) is 3.71. The summed E-state index contributed by atoms with van der Waals surface area (Å²) >= 11 is 0. The Balaban J connectivity index is 4.01. The van der Waals surface area contributed by atoms with Gasteiger partial charge >= 0.3 is 0 Å². The minimum absolute atomic E-state index is 0.108. The first kappa shape index (κ1) is 13.8. The van der Waals surface area contributed by atoms with E-state index in [0.717, 1.165) is 25.1 Å². The molecule has 0 aliphatic heterocycles. The van der Waals surface area contributed by atoms with Gasteiger partial charge in [-0.1, -0.05) is 39.5 Å². The van der Waals surface area contributed by atoms with Gasteiger partial charge in [0.05, 0.1) is 0 Å². The lowest BCUT2D eigenvalue weighted by Crippen LogP contribution is -2.19. The summed E-state index contributed by atoms with van der Waals surface area (Å²) in [4.78, 5) is 0. The van der Waals surface area contributed by atoms with E-state index >= 15 is 0 Å². The second-order valence-electron chi connectivity index (χ2n) is 3.71. The Morgan fingerprint density at radius 3 is 2.60 bits per heavy atom. The van der Waals surface area contributed by atoms with Gasteiger partial charge in [-0.2, -0.15) is 0 Å². The third-order valence-corrected chi connectivity index (χ3v) is 2.07. The SMILES string of the molecule is C=C(O)/C=C(\CC)NCC(C)/C=C\CC. The summed E-state index contributed by atoms with van der Waals surface area (Å²) in [5.74, 6) is 0.614. The van der Waals surface area contributed by atoms with Gasteiger partial charge in [0.15, 0.2) is 0 Å². The van der Waals surface area contributed by atoms with Crippen LogP contribution in [0, 0.1) is 5.92 Å². The van der Waals surface area contributed by atoms with Gasteiger partial charge in [0.1, 0.15) is 5.76 Å². The molecule has 0 aromatic carbocycles. The van der Waals surface area contributed by atoms with Crippen LogP contribution in [0.4, 0.5) is 0 Å². The quantitative estimate of drug-likeness (QED) is 0.382. The highest BCUT2D eigenvalue weighted by Gasteiger charge is 1.98. The first-order valence-corrected chi connectivity index (χ1v) is 5.59. The number of hydrogen-bond acceptors (Lipinski definition) is 2. The van der Waals surface area contributed by atoms with Gasteiger partial charge in [-0.3, -0.25) is 0 Å². The van der Waals surface area contributed by atoms with Crippen molar-refractivity contribution in [1.29, 1.82) is 0 Å². The number of allylic oxidation sites excluding steroid dienone is 3. The summed E-state index contributed by atoms with van der Waals surface area (Å²) in [6, 6.07) is 0. The van der Waals surface area contributed by atoms with E-state index in [1.165, 1.54) is 0 Å². The molecule has 1 unspecified atom stereocenters. The smallest absolute Gasteiger partial charge is 0.110 e. The number of aliphatic hydroxyl groups excluding tert-OH is 1. The van der Waals surface area contributed by atoms with Crippen LogP contribution in [0.25, 0.3) is 0 Å². The molecule has 2 heteroatoms. The van der Waals surface area contributed by atoms with Crippen LogP contribution in [0.1, 0.15) is 33.6 Å². The topological polar surface area (TPSA) is 32.3 Å². The molecule has 0 fully saturated rings. The minimum Gasteiger partial charge on any atom is -0.509 e. The zero-order valence-electron chi connectivity index (χ0n) is 10.1. The highest BCUT2D eigenvalue weighted by molar-refractivity contribution is 5.13. The molecule has 2 N–H and O–H groups in total. The van der Waals surface area contributed by atoms with Gasteiger partial charge in [-0.05, 0) is 24.8 Å². The average molecular weight is 209 g/mol. The van der Waals surface area contributed by atoms with Gasteiger partial charge in [0.25, 0.3) is 0 Å². The van der Waals surface area contributed by atoms with Crippen molar-refractivity contribution in [3.8, 4) is 0 Å². The largest absolute Gasteiger partial charge is 0.509 e. The number of nitrogens with one attached hydrogen (secondary N) is 1. The third-order valence-electron chi connectivity index (χ3n) is 2.07. The fourth-order valence-electron chi connectivity index (χ4n) is 1.21. The molecule has 86 valence electrons. The van der Waals surface area contributed by atoms with Crippen molar-refractivity contribution < 1.29 is 5.11 Å². The van der Waals surface area contributed by atoms with Crippen molar-refractivity contribution >= 4 is 0 Å². The fourth-order valence-corrected chi connectivity index (χ4v) is 1.21. The Morgan fingerprint density at radius 1 is 1.47 bits per heavy atom. The molecular formula is C13H23NO. The summed E-state index contributed by atoms with van der Waals surface area (Å²) in [5, 5.41) is 12.3. The maximum absolute atomic E-state index is 9.04. The van der Waals surface area contributed by atoms with Crippen molar-refractivity contribution in [2.24, 2.45) is 5.92 Å². The Hall–Kier alpha value is -1.18. The normalized spacial score (nSPS) is 14.2. The summed E-state index contributed by atoms with van der Waals surface area (Å²) < 4.78 is 0. The fraction of sp³-hybridized carbons (Fsp3) is 0.538. The molecule has 0 aliphatic rings. The molecule has 0 saturated heterocycles. The van der Waals surface area contributed by atoms with Gasteiger partial charge in [-0.15, -0.1) is 0 Å². The standard InChI is InChI=1S/C13H23NO/c1-5-7-8-11(3)10-14-13(6-2)9-12(4)15/h7-9,11,14-15H,4-6,10H2,1-3H3/b8-7-,13-9+. The minimum atomic E-state index is 0.108. The predicted octanol–water partition coefficient (Wildman–Crippen LogP) is 3.54. The maximum Gasteiger partial charge on any atom is 0.110 e. The molecule has 0 aliphatic carbocycles. The maximum atomic E-state index is 9.04. The molecule has 0 amide bonds. The Labute approximate surface area is 93.4 Å². The molecule has 0 saturated carbocycles. The van der Waals surface area contributed by atoms with E-state index in [9.17, 15) is 0 Å².